The second-order valence-electron chi connectivity index (χ2n) is 1.05. The normalized spacial score (nSPS) is 11.0. The number of hydrogen-bond donors (Lipinski definition) is 1. The van der Waals surface area contributed by atoms with Crippen LogP contribution < -0.4 is 5.32 Å². The van der Waals surface area contributed by atoms with E-state index in [0.717, 1.165) is 0 Å². The fourth-order valence-corrected chi connectivity index (χ4v) is 0.158. The molecule has 2 nitrogen and oxygen atoms in total. The number of amides is 1. The van der Waals surface area contributed by atoms with Crippen molar-refractivity contribution < 1.29 is 18.0 Å². The molecule has 0 rings (SSSR count). The van der Waals surface area contributed by atoms with Gasteiger partial charge in [-0.3, -0.25) is 10.1 Å². The lowest BCUT2D eigenvalue weighted by molar-refractivity contribution is -0.166. The lowest BCUT2D eigenvalue weighted by Gasteiger charge is -2.03. The molecule has 0 unspecified atom stereocenters. The highest BCUT2D eigenvalue weighted by Crippen LogP contribution is 2.08. The Hall–Kier alpha value is -0.740. The molecule has 0 bridgehead atoms. The summed E-state index contributed by atoms with van der Waals surface area (Å²) in [5.41, 5.74) is 0. The fraction of sp³-hybridized carbons (Fsp3) is 0.333. The molecule has 5 heteroatoms. The molecule has 47 valence electrons. The third kappa shape index (κ3) is 5.26. The molecule has 1 amide bonds. The third-order valence-corrected chi connectivity index (χ3v) is 0.281. The van der Waals surface area contributed by atoms with Crippen molar-refractivity contribution >= 4 is 5.91 Å². The van der Waals surface area contributed by atoms with Gasteiger partial charge in [-0.05, 0) is 0 Å². The number of nitrogens with one attached hydrogen (secondary N) is 1. The minimum atomic E-state index is -4.64. The zero-order valence-electron chi connectivity index (χ0n) is 3.75. The van der Waals surface area contributed by atoms with Crippen LogP contribution in [0.25, 0.3) is 0 Å². The largest absolute Gasteiger partial charge is 0.484 e. The van der Waals surface area contributed by atoms with Gasteiger partial charge in [0.2, 0.25) is 5.91 Å². The van der Waals surface area contributed by atoms with Crippen LogP contribution in [-0.4, -0.2) is 12.2 Å². The number of alkyl halides is 3. The van der Waals surface area contributed by atoms with Crippen molar-refractivity contribution in [1.29, 1.82) is 0 Å². The van der Waals surface area contributed by atoms with Gasteiger partial charge in [0.05, 0.1) is 0 Å². The van der Waals surface area contributed by atoms with Crippen molar-refractivity contribution in [2.75, 3.05) is 0 Å². The fourth-order valence-electron chi connectivity index (χ4n) is 0.158. The first-order valence-electron chi connectivity index (χ1n) is 1.62. The maximum Gasteiger partial charge on any atom is 0.484 e. The van der Waals surface area contributed by atoms with Gasteiger partial charge in [-0.1, -0.05) is 0 Å². The summed E-state index contributed by atoms with van der Waals surface area (Å²) in [7, 11) is 0. The van der Waals surface area contributed by atoms with Crippen LogP contribution in [0.15, 0.2) is 0 Å². The summed E-state index contributed by atoms with van der Waals surface area (Å²) >= 11 is 0. The Morgan fingerprint density at radius 3 is 1.88 bits per heavy atom. The molecule has 0 aliphatic rings. The van der Waals surface area contributed by atoms with Crippen LogP contribution in [0, 0.1) is 6.92 Å². The average Bonchev–Trinajstić information content (AvgIpc) is 1.21. The molecule has 0 saturated carbocycles. The molecule has 0 atom stereocenters. The zero-order chi connectivity index (χ0) is 6.78. The predicted octanol–water partition coefficient (Wildman–Crippen LogP) is 0.456. The predicted molar refractivity (Wildman–Crippen MR) is 19.6 cm³/mol. The zero-order valence-corrected chi connectivity index (χ0v) is 3.75. The van der Waals surface area contributed by atoms with E-state index in [4.69, 9.17) is 0 Å². The summed E-state index contributed by atoms with van der Waals surface area (Å²) in [4.78, 5) is 9.52. The molecule has 1 radical (unpaired) electrons. The Kier molecular flexibility index (Phi) is 1.83. The SMILES string of the molecule is [CH2]C(=O)NC(F)(F)F. The van der Waals surface area contributed by atoms with E-state index in [1.165, 1.54) is 0 Å². The van der Waals surface area contributed by atoms with Crippen LogP contribution in [0.5, 0.6) is 0 Å². The summed E-state index contributed by atoms with van der Waals surface area (Å²) in [6, 6.07) is 0. The van der Waals surface area contributed by atoms with E-state index in [9.17, 15) is 18.0 Å². The third-order valence-electron chi connectivity index (χ3n) is 0.281. The van der Waals surface area contributed by atoms with E-state index in [-0.39, 0.29) is 0 Å². The van der Waals surface area contributed by atoms with Crippen LogP contribution in [0.2, 0.25) is 0 Å². The van der Waals surface area contributed by atoms with Crippen molar-refractivity contribution in [2.24, 2.45) is 0 Å². The molecular weight excluding hydrogens is 123 g/mol. The Morgan fingerprint density at radius 2 is 1.88 bits per heavy atom. The van der Waals surface area contributed by atoms with Gasteiger partial charge >= 0.3 is 6.30 Å². The Balaban J connectivity index is 3.55. The van der Waals surface area contributed by atoms with Gasteiger partial charge in [0.1, 0.15) is 0 Å². The van der Waals surface area contributed by atoms with E-state index >= 15 is 0 Å². The number of halogens is 3. The van der Waals surface area contributed by atoms with Crippen molar-refractivity contribution in [3.8, 4) is 0 Å². The molecule has 1 N–H and O–H groups in total. The maximum absolute atomic E-state index is 10.9. The first-order valence-corrected chi connectivity index (χ1v) is 1.62. The Morgan fingerprint density at radius 1 is 1.50 bits per heavy atom. The standard InChI is InChI=1S/C3H3F3NO/c1-2(8)7-3(4,5)6/h1H2,(H,7,8). The molecule has 0 aromatic rings. The highest BCUT2D eigenvalue weighted by Gasteiger charge is 2.27. The number of rotatable bonds is 0. The van der Waals surface area contributed by atoms with Gasteiger partial charge < -0.3 is 0 Å². The van der Waals surface area contributed by atoms with Crippen LogP contribution in [0.3, 0.4) is 0 Å². The summed E-state index contributed by atoms with van der Waals surface area (Å²) in [5, 5.41) is 0.632. The molecule has 0 fully saturated rings. The molecule has 0 saturated heterocycles. The number of carbonyl (C=O) groups excluding carboxylic acids is 1. The van der Waals surface area contributed by atoms with Crippen molar-refractivity contribution in [2.45, 2.75) is 6.30 Å². The van der Waals surface area contributed by atoms with Gasteiger partial charge in [0.25, 0.3) is 0 Å². The topological polar surface area (TPSA) is 29.1 Å². The smallest absolute Gasteiger partial charge is 0.275 e. The molecular formula is C3H3F3NO. The van der Waals surface area contributed by atoms with E-state index in [2.05, 4.69) is 6.92 Å². The molecule has 8 heavy (non-hydrogen) atoms. The number of hydrogen-bond acceptors (Lipinski definition) is 1. The monoisotopic (exact) mass is 126 g/mol. The molecule has 0 aliphatic heterocycles. The van der Waals surface area contributed by atoms with Gasteiger partial charge in [-0.2, -0.15) is 13.2 Å². The van der Waals surface area contributed by atoms with Crippen molar-refractivity contribution in [3.63, 3.8) is 0 Å². The van der Waals surface area contributed by atoms with Gasteiger partial charge in [0, 0.05) is 6.92 Å². The van der Waals surface area contributed by atoms with Crippen LogP contribution >= 0.6 is 0 Å². The second kappa shape index (κ2) is 2.02. The quantitative estimate of drug-likeness (QED) is 0.469. The summed E-state index contributed by atoms with van der Waals surface area (Å²) in [6.07, 6.45) is -4.64. The number of carbonyl (C=O) groups is 1. The first-order chi connectivity index (χ1) is 3.42. The molecule has 0 heterocycles. The molecule has 0 aromatic carbocycles. The average molecular weight is 126 g/mol. The van der Waals surface area contributed by atoms with Gasteiger partial charge in [-0.15, -0.1) is 0 Å². The second-order valence-corrected chi connectivity index (χ2v) is 1.05. The Bertz CT molecular complexity index is 97.2. The van der Waals surface area contributed by atoms with E-state index in [0.29, 0.717) is 5.32 Å². The van der Waals surface area contributed by atoms with E-state index < -0.39 is 12.2 Å². The molecule has 0 aromatic heterocycles. The van der Waals surface area contributed by atoms with Crippen molar-refractivity contribution in [3.05, 3.63) is 6.92 Å². The minimum Gasteiger partial charge on any atom is -0.275 e. The maximum atomic E-state index is 10.9. The van der Waals surface area contributed by atoms with Crippen LogP contribution in [-0.2, 0) is 4.79 Å². The molecule has 0 spiro atoms. The first kappa shape index (κ1) is 7.26. The summed E-state index contributed by atoms with van der Waals surface area (Å²) in [5.74, 6) is -1.35. The van der Waals surface area contributed by atoms with Crippen LogP contribution in [0.1, 0.15) is 0 Å². The highest BCUT2D eigenvalue weighted by atomic mass is 19.4. The van der Waals surface area contributed by atoms with Gasteiger partial charge in [0.15, 0.2) is 0 Å². The lowest BCUT2D eigenvalue weighted by atomic mass is 10.7. The lowest BCUT2D eigenvalue weighted by Crippen LogP contribution is -2.35. The molecule has 0 aliphatic carbocycles. The van der Waals surface area contributed by atoms with Gasteiger partial charge in [-0.25, -0.2) is 0 Å². The Labute approximate surface area is 43.7 Å². The minimum absolute atomic E-state index is 0.632. The van der Waals surface area contributed by atoms with E-state index in [1.54, 1.807) is 0 Å². The highest BCUT2D eigenvalue weighted by molar-refractivity contribution is 5.80. The summed E-state index contributed by atoms with van der Waals surface area (Å²) in [6.45, 7) is 2.45. The summed E-state index contributed by atoms with van der Waals surface area (Å²) < 4.78 is 32.8. The van der Waals surface area contributed by atoms with Crippen LogP contribution in [0.4, 0.5) is 13.2 Å². The van der Waals surface area contributed by atoms with Crippen molar-refractivity contribution in [1.82, 2.24) is 5.32 Å². The van der Waals surface area contributed by atoms with E-state index in [1.807, 2.05) is 0 Å².